The Kier molecular flexibility index (Phi) is 3.67. The minimum Gasteiger partial charge on any atom is -0.321 e. The molecular weight excluding hydrogens is 251 g/mol. The lowest BCUT2D eigenvalue weighted by Gasteiger charge is -2.02. The third kappa shape index (κ3) is 3.34. The van der Waals surface area contributed by atoms with E-state index in [4.69, 9.17) is 9.79 Å². The van der Waals surface area contributed by atoms with E-state index >= 15 is 0 Å². The summed E-state index contributed by atoms with van der Waals surface area (Å²) in [6.07, 6.45) is 0. The molecule has 0 aromatic heterocycles. The second kappa shape index (κ2) is 5.23. The summed E-state index contributed by atoms with van der Waals surface area (Å²) in [6.45, 7) is 0. The summed E-state index contributed by atoms with van der Waals surface area (Å²) in [5, 5.41) is 7.94. The van der Waals surface area contributed by atoms with Gasteiger partial charge in [0.1, 0.15) is 0 Å². The fourth-order valence-corrected chi connectivity index (χ4v) is 1.86. The predicted molar refractivity (Wildman–Crippen MR) is 68.7 cm³/mol. The van der Waals surface area contributed by atoms with Gasteiger partial charge in [-0.2, -0.15) is 10.2 Å². The summed E-state index contributed by atoms with van der Waals surface area (Å²) in [4.78, 5) is 17.9. The van der Waals surface area contributed by atoms with Crippen LogP contribution in [0.5, 0.6) is 0 Å². The van der Waals surface area contributed by atoms with E-state index in [9.17, 15) is 4.57 Å². The van der Waals surface area contributed by atoms with Gasteiger partial charge in [0.2, 0.25) is 0 Å². The van der Waals surface area contributed by atoms with Crippen molar-refractivity contribution in [3.63, 3.8) is 0 Å². The summed E-state index contributed by atoms with van der Waals surface area (Å²) in [5.41, 5.74) is 1.26. The van der Waals surface area contributed by atoms with Crippen molar-refractivity contribution in [3.8, 4) is 0 Å². The first-order valence-electron chi connectivity index (χ1n) is 5.19. The van der Waals surface area contributed by atoms with E-state index in [1.165, 1.54) is 24.3 Å². The van der Waals surface area contributed by atoms with Crippen molar-refractivity contribution in [1.29, 1.82) is 0 Å². The Bertz CT molecular complexity index is 590. The molecule has 5 nitrogen and oxygen atoms in total. The molecule has 0 heterocycles. The van der Waals surface area contributed by atoms with E-state index < -0.39 is 7.60 Å². The smallest absolute Gasteiger partial charge is 0.321 e. The molecule has 0 aliphatic rings. The first kappa shape index (κ1) is 12.6. The molecule has 2 rings (SSSR count). The predicted octanol–water partition coefficient (Wildman–Crippen LogP) is 2.91. The number of benzene rings is 2. The van der Waals surface area contributed by atoms with Crippen LogP contribution >= 0.6 is 7.60 Å². The Morgan fingerprint density at radius 3 is 1.78 bits per heavy atom. The van der Waals surface area contributed by atoms with Crippen LogP contribution in [0.25, 0.3) is 0 Å². The van der Waals surface area contributed by atoms with Gasteiger partial charge in [-0.3, -0.25) is 4.57 Å². The molecule has 2 aromatic rings. The van der Waals surface area contributed by atoms with Crippen molar-refractivity contribution < 1.29 is 14.4 Å². The summed E-state index contributed by atoms with van der Waals surface area (Å²) >= 11 is 0. The molecule has 6 heteroatoms. The summed E-state index contributed by atoms with van der Waals surface area (Å²) in [6, 6.07) is 14.9. The molecule has 2 aromatic carbocycles. The van der Waals surface area contributed by atoms with Gasteiger partial charge >= 0.3 is 7.60 Å². The fourth-order valence-electron chi connectivity index (χ4n) is 1.32. The second-order valence-corrected chi connectivity index (χ2v) is 5.20. The van der Waals surface area contributed by atoms with Crippen molar-refractivity contribution in [1.82, 2.24) is 0 Å². The van der Waals surface area contributed by atoms with Crippen molar-refractivity contribution in [2.45, 2.75) is 0 Å². The highest BCUT2D eigenvalue weighted by Crippen LogP contribution is 2.33. The fraction of sp³-hybridized carbons (Fsp3) is 0. The van der Waals surface area contributed by atoms with Crippen LogP contribution in [0.2, 0.25) is 0 Å². The zero-order valence-corrected chi connectivity index (χ0v) is 10.2. The van der Waals surface area contributed by atoms with E-state index in [2.05, 4.69) is 10.2 Å². The van der Waals surface area contributed by atoms with Crippen molar-refractivity contribution in [2.24, 2.45) is 10.2 Å². The third-order valence-electron chi connectivity index (χ3n) is 2.22. The van der Waals surface area contributed by atoms with Crippen molar-refractivity contribution >= 4 is 24.3 Å². The number of nitrogens with zero attached hydrogens (tertiary/aromatic N) is 2. The number of rotatable bonds is 3. The molecule has 0 aliphatic heterocycles. The molecule has 0 radical (unpaired) electrons. The van der Waals surface area contributed by atoms with Gasteiger partial charge in [-0.05, 0) is 36.4 Å². The lowest BCUT2D eigenvalue weighted by atomic mass is 10.3. The number of hydrogen-bond acceptors (Lipinski definition) is 3. The van der Waals surface area contributed by atoms with Gasteiger partial charge in [-0.15, -0.1) is 0 Å². The molecule has 0 fully saturated rings. The monoisotopic (exact) mass is 262 g/mol. The Hall–Kier alpha value is -1.81. The van der Waals surface area contributed by atoms with Crippen LogP contribution in [0, 0.1) is 0 Å². The van der Waals surface area contributed by atoms with Gasteiger partial charge in [0.05, 0.1) is 16.7 Å². The minimum absolute atomic E-state index is 0.0267. The average molecular weight is 262 g/mol. The molecule has 0 saturated heterocycles. The Balaban J connectivity index is 2.17. The SMILES string of the molecule is O=P(O)(O)c1ccc(N=Nc2ccccc2)cc1. The standard InChI is InChI=1S/C12H11N2O3P/c15-18(16,17)12-8-6-11(7-9-12)14-13-10-4-2-1-3-5-10/h1-9H,(H2,15,16,17). The first-order chi connectivity index (χ1) is 8.55. The van der Waals surface area contributed by atoms with E-state index in [1.54, 1.807) is 0 Å². The van der Waals surface area contributed by atoms with Gasteiger partial charge in [-0.25, -0.2) is 0 Å². The highest BCUT2D eigenvalue weighted by atomic mass is 31.2. The van der Waals surface area contributed by atoms with Crippen molar-refractivity contribution in [3.05, 3.63) is 54.6 Å². The maximum Gasteiger partial charge on any atom is 0.356 e. The van der Waals surface area contributed by atoms with Gasteiger partial charge in [-0.1, -0.05) is 18.2 Å². The van der Waals surface area contributed by atoms with Gasteiger partial charge in [0, 0.05) is 0 Å². The average Bonchev–Trinajstić information content (AvgIpc) is 2.37. The van der Waals surface area contributed by atoms with Crippen molar-refractivity contribution in [2.75, 3.05) is 0 Å². The van der Waals surface area contributed by atoms with E-state index in [0.29, 0.717) is 5.69 Å². The van der Waals surface area contributed by atoms with Crippen LogP contribution in [0.15, 0.2) is 64.8 Å². The van der Waals surface area contributed by atoms with Crippen LogP contribution < -0.4 is 5.30 Å². The lowest BCUT2D eigenvalue weighted by Crippen LogP contribution is -2.01. The van der Waals surface area contributed by atoms with Gasteiger partial charge in [0.15, 0.2) is 0 Å². The molecule has 0 atom stereocenters. The molecule has 2 N–H and O–H groups in total. The molecular formula is C12H11N2O3P. The van der Waals surface area contributed by atoms with E-state index in [1.807, 2.05) is 30.3 Å². The number of hydrogen-bond donors (Lipinski definition) is 2. The molecule has 0 amide bonds. The second-order valence-electron chi connectivity index (χ2n) is 3.60. The first-order valence-corrected chi connectivity index (χ1v) is 6.80. The Morgan fingerprint density at radius 1 is 0.778 bits per heavy atom. The summed E-state index contributed by atoms with van der Waals surface area (Å²) < 4.78 is 11.0. The molecule has 0 spiro atoms. The lowest BCUT2D eigenvalue weighted by molar-refractivity contribution is 0.387. The number of azo groups is 1. The molecule has 0 aliphatic carbocycles. The third-order valence-corrected chi connectivity index (χ3v) is 3.19. The summed E-state index contributed by atoms with van der Waals surface area (Å²) in [7, 11) is -4.19. The normalized spacial score (nSPS) is 11.9. The largest absolute Gasteiger partial charge is 0.356 e. The molecule has 18 heavy (non-hydrogen) atoms. The van der Waals surface area contributed by atoms with Crippen LogP contribution in [-0.2, 0) is 4.57 Å². The van der Waals surface area contributed by atoms with Crippen LogP contribution in [0.1, 0.15) is 0 Å². The molecule has 0 bridgehead atoms. The molecule has 0 saturated carbocycles. The highest BCUT2D eigenvalue weighted by molar-refractivity contribution is 7.60. The quantitative estimate of drug-likeness (QED) is 0.659. The maximum atomic E-state index is 11.0. The minimum atomic E-state index is -4.19. The Morgan fingerprint density at radius 2 is 1.28 bits per heavy atom. The van der Waals surface area contributed by atoms with Gasteiger partial charge < -0.3 is 9.79 Å². The highest BCUT2D eigenvalue weighted by Gasteiger charge is 2.15. The van der Waals surface area contributed by atoms with Crippen LogP contribution in [-0.4, -0.2) is 9.79 Å². The zero-order valence-electron chi connectivity index (χ0n) is 9.34. The van der Waals surface area contributed by atoms with Crippen LogP contribution in [0.3, 0.4) is 0 Å². The van der Waals surface area contributed by atoms with E-state index in [0.717, 1.165) is 5.69 Å². The Labute approximate surface area is 104 Å². The molecule has 0 unspecified atom stereocenters. The zero-order chi connectivity index (χ0) is 13.0. The topological polar surface area (TPSA) is 82.2 Å². The maximum absolute atomic E-state index is 11.0. The van der Waals surface area contributed by atoms with Crippen LogP contribution in [0.4, 0.5) is 11.4 Å². The van der Waals surface area contributed by atoms with Gasteiger partial charge in [0.25, 0.3) is 0 Å². The van der Waals surface area contributed by atoms with E-state index in [-0.39, 0.29) is 5.30 Å². The summed E-state index contributed by atoms with van der Waals surface area (Å²) in [5.74, 6) is 0. The molecule has 92 valence electrons.